The van der Waals surface area contributed by atoms with Crippen molar-refractivity contribution in [1.29, 1.82) is 0 Å². The maximum absolute atomic E-state index is 12.9. The Bertz CT molecular complexity index is 1190. The number of para-hydroxylation sites is 2. The van der Waals surface area contributed by atoms with Gasteiger partial charge in [0.05, 0.1) is 22.0 Å². The Morgan fingerprint density at radius 1 is 1.10 bits per heavy atom. The Morgan fingerprint density at radius 3 is 2.41 bits per heavy atom. The average Bonchev–Trinajstić information content (AvgIpc) is 3.00. The molecule has 0 saturated heterocycles. The van der Waals surface area contributed by atoms with Crippen LogP contribution in [0.2, 0.25) is 0 Å². The molecule has 0 radical (unpaired) electrons. The highest BCUT2D eigenvalue weighted by molar-refractivity contribution is 9.10. The second-order valence-corrected chi connectivity index (χ2v) is 9.72. The van der Waals surface area contributed by atoms with E-state index in [1.54, 1.807) is 22.9 Å². The molecule has 9 heteroatoms. The van der Waals surface area contributed by atoms with Gasteiger partial charge in [0, 0.05) is 29.8 Å². The van der Waals surface area contributed by atoms with Crippen LogP contribution in [0.1, 0.15) is 21.7 Å². The summed E-state index contributed by atoms with van der Waals surface area (Å²) < 4.78 is 28.3. The zero-order chi connectivity index (χ0) is 21.3. The van der Waals surface area contributed by atoms with E-state index in [1.165, 1.54) is 20.2 Å². The Kier molecular flexibility index (Phi) is 5.92. The summed E-state index contributed by atoms with van der Waals surface area (Å²) in [5.41, 5.74) is 3.34. The number of rotatable bonds is 5. The zero-order valence-electron chi connectivity index (χ0n) is 16.5. The molecule has 0 spiro atoms. The van der Waals surface area contributed by atoms with Gasteiger partial charge in [0.1, 0.15) is 0 Å². The van der Waals surface area contributed by atoms with Gasteiger partial charge in [0.15, 0.2) is 0 Å². The molecule has 1 heterocycles. The van der Waals surface area contributed by atoms with E-state index in [2.05, 4.69) is 26.3 Å². The molecule has 0 unspecified atom stereocenters. The number of carbonyl (C=O) groups is 1. The predicted molar refractivity (Wildman–Crippen MR) is 116 cm³/mol. The summed E-state index contributed by atoms with van der Waals surface area (Å²) in [6.07, 6.45) is 0. The molecule has 0 saturated carbocycles. The van der Waals surface area contributed by atoms with Crippen molar-refractivity contribution < 1.29 is 13.2 Å². The van der Waals surface area contributed by atoms with Crippen LogP contribution in [0.3, 0.4) is 0 Å². The van der Waals surface area contributed by atoms with Crippen LogP contribution in [0, 0.1) is 13.8 Å². The van der Waals surface area contributed by atoms with E-state index in [1.807, 2.05) is 38.1 Å². The van der Waals surface area contributed by atoms with Crippen molar-refractivity contribution in [3.05, 3.63) is 70.0 Å². The SMILES string of the molecule is Cc1cc(C)n(-c2ccccc2NC(=O)c2ccc(Br)c(S(=O)(=O)N(C)C)c2)n1. The van der Waals surface area contributed by atoms with Crippen molar-refractivity contribution in [3.63, 3.8) is 0 Å². The van der Waals surface area contributed by atoms with E-state index in [0.717, 1.165) is 21.4 Å². The summed E-state index contributed by atoms with van der Waals surface area (Å²) in [6, 6.07) is 13.8. The molecular formula is C20H21BrN4O3S. The fraction of sp³-hybridized carbons (Fsp3) is 0.200. The molecule has 0 aliphatic carbocycles. The highest BCUT2D eigenvalue weighted by Crippen LogP contribution is 2.27. The summed E-state index contributed by atoms with van der Waals surface area (Å²) in [6.45, 7) is 3.84. The van der Waals surface area contributed by atoms with E-state index in [4.69, 9.17) is 0 Å². The quantitative estimate of drug-likeness (QED) is 0.607. The Balaban J connectivity index is 1.98. The van der Waals surface area contributed by atoms with Gasteiger partial charge in [-0.3, -0.25) is 4.79 Å². The summed E-state index contributed by atoms with van der Waals surface area (Å²) >= 11 is 3.25. The molecule has 1 N–H and O–H groups in total. The summed E-state index contributed by atoms with van der Waals surface area (Å²) in [5.74, 6) is -0.415. The van der Waals surface area contributed by atoms with Crippen molar-refractivity contribution in [2.45, 2.75) is 18.7 Å². The van der Waals surface area contributed by atoms with Crippen LogP contribution in [0.15, 0.2) is 57.9 Å². The van der Waals surface area contributed by atoms with Gasteiger partial charge >= 0.3 is 0 Å². The minimum Gasteiger partial charge on any atom is -0.320 e. The normalized spacial score (nSPS) is 11.7. The molecule has 0 fully saturated rings. The first-order chi connectivity index (χ1) is 13.6. The van der Waals surface area contributed by atoms with Crippen LogP contribution in [-0.2, 0) is 10.0 Å². The molecule has 152 valence electrons. The smallest absolute Gasteiger partial charge is 0.255 e. The van der Waals surface area contributed by atoms with Crippen molar-refractivity contribution >= 4 is 37.5 Å². The Hall–Kier alpha value is -2.49. The first-order valence-corrected chi connectivity index (χ1v) is 11.0. The standard InChI is InChI=1S/C20H21BrN4O3S/c1-13-11-14(2)25(23-13)18-8-6-5-7-17(18)22-20(26)15-9-10-16(21)19(12-15)29(27,28)24(3)4/h5-12H,1-4H3,(H,22,26). The second-order valence-electron chi connectivity index (χ2n) is 6.74. The van der Waals surface area contributed by atoms with Crippen LogP contribution in [0.25, 0.3) is 5.69 Å². The number of amides is 1. The first-order valence-electron chi connectivity index (χ1n) is 8.77. The molecule has 0 bridgehead atoms. The van der Waals surface area contributed by atoms with E-state index >= 15 is 0 Å². The molecule has 29 heavy (non-hydrogen) atoms. The van der Waals surface area contributed by atoms with Crippen molar-refractivity contribution in [2.75, 3.05) is 19.4 Å². The number of aryl methyl sites for hydroxylation is 2. The van der Waals surface area contributed by atoms with Gasteiger partial charge in [-0.2, -0.15) is 5.10 Å². The minimum absolute atomic E-state index is 0.0296. The molecule has 0 atom stereocenters. The largest absolute Gasteiger partial charge is 0.320 e. The molecule has 3 rings (SSSR count). The van der Waals surface area contributed by atoms with Gasteiger partial charge in [-0.15, -0.1) is 0 Å². The fourth-order valence-corrected chi connectivity index (χ4v) is 4.71. The third-order valence-corrected chi connectivity index (χ3v) is 7.15. The van der Waals surface area contributed by atoms with Gasteiger partial charge in [-0.1, -0.05) is 12.1 Å². The summed E-state index contributed by atoms with van der Waals surface area (Å²) in [5, 5.41) is 7.34. The van der Waals surface area contributed by atoms with E-state index in [0.29, 0.717) is 10.2 Å². The van der Waals surface area contributed by atoms with Crippen LogP contribution >= 0.6 is 15.9 Å². The number of hydrogen-bond acceptors (Lipinski definition) is 4. The topological polar surface area (TPSA) is 84.3 Å². The van der Waals surface area contributed by atoms with E-state index in [9.17, 15) is 13.2 Å². The van der Waals surface area contributed by atoms with Crippen LogP contribution in [-0.4, -0.2) is 42.5 Å². The molecule has 1 amide bonds. The van der Waals surface area contributed by atoms with Crippen molar-refractivity contribution in [3.8, 4) is 5.69 Å². The van der Waals surface area contributed by atoms with E-state index in [-0.39, 0.29) is 10.5 Å². The number of nitrogens with one attached hydrogen (secondary N) is 1. The molecule has 3 aromatic rings. The molecule has 7 nitrogen and oxygen atoms in total. The molecule has 0 aliphatic rings. The van der Waals surface area contributed by atoms with E-state index < -0.39 is 15.9 Å². The lowest BCUT2D eigenvalue weighted by Gasteiger charge is -2.15. The number of hydrogen-bond donors (Lipinski definition) is 1. The maximum atomic E-state index is 12.9. The third kappa shape index (κ3) is 4.26. The summed E-state index contributed by atoms with van der Waals surface area (Å²) in [7, 11) is -0.811. The Labute approximate surface area is 178 Å². The maximum Gasteiger partial charge on any atom is 0.255 e. The lowest BCUT2D eigenvalue weighted by atomic mass is 10.2. The monoisotopic (exact) mass is 476 g/mol. The Morgan fingerprint density at radius 2 is 1.79 bits per heavy atom. The zero-order valence-corrected chi connectivity index (χ0v) is 18.9. The lowest BCUT2D eigenvalue weighted by molar-refractivity contribution is 0.102. The van der Waals surface area contributed by atoms with Gasteiger partial charge in [-0.05, 0) is 66.2 Å². The number of nitrogens with zero attached hydrogens (tertiary/aromatic N) is 3. The van der Waals surface area contributed by atoms with Gasteiger partial charge < -0.3 is 5.32 Å². The average molecular weight is 477 g/mol. The number of carbonyl (C=O) groups excluding carboxylic acids is 1. The number of benzene rings is 2. The van der Waals surface area contributed by atoms with Gasteiger partial charge in [0.25, 0.3) is 5.91 Å². The molecule has 1 aromatic heterocycles. The van der Waals surface area contributed by atoms with Gasteiger partial charge in [0.2, 0.25) is 10.0 Å². The molecule has 0 aliphatic heterocycles. The number of anilines is 1. The number of halogens is 1. The lowest BCUT2D eigenvalue weighted by Crippen LogP contribution is -2.23. The van der Waals surface area contributed by atoms with Crippen LogP contribution in [0.4, 0.5) is 5.69 Å². The number of aromatic nitrogens is 2. The third-order valence-electron chi connectivity index (χ3n) is 4.34. The summed E-state index contributed by atoms with van der Waals surface area (Å²) in [4.78, 5) is 12.9. The van der Waals surface area contributed by atoms with Gasteiger partial charge in [-0.25, -0.2) is 17.4 Å². The molecular weight excluding hydrogens is 456 g/mol. The first kappa shape index (κ1) is 21.2. The minimum atomic E-state index is -3.70. The van der Waals surface area contributed by atoms with Crippen LogP contribution < -0.4 is 5.32 Å². The molecule has 2 aromatic carbocycles. The highest BCUT2D eigenvalue weighted by atomic mass is 79.9. The number of sulfonamides is 1. The van der Waals surface area contributed by atoms with Crippen molar-refractivity contribution in [2.24, 2.45) is 0 Å². The second kappa shape index (κ2) is 8.10. The van der Waals surface area contributed by atoms with Crippen molar-refractivity contribution in [1.82, 2.24) is 14.1 Å². The van der Waals surface area contributed by atoms with Crippen LogP contribution in [0.5, 0.6) is 0 Å². The highest BCUT2D eigenvalue weighted by Gasteiger charge is 2.22. The predicted octanol–water partition coefficient (Wildman–Crippen LogP) is 3.75. The fourth-order valence-electron chi connectivity index (χ4n) is 2.87.